The van der Waals surface area contributed by atoms with Crippen molar-refractivity contribution in [2.24, 2.45) is 0 Å². The van der Waals surface area contributed by atoms with E-state index in [-0.39, 0.29) is 10.9 Å². The molecule has 0 radical (unpaired) electrons. The Morgan fingerprint density at radius 3 is 2.52 bits per heavy atom. The molecule has 0 aliphatic carbocycles. The Balaban J connectivity index is 1.39. The number of amides is 1. The molecule has 1 unspecified atom stereocenters. The number of carbonyl (C=O) groups excluding carboxylic acids is 1. The minimum absolute atomic E-state index is 0.178. The largest absolute Gasteiger partial charge is 0.306 e. The summed E-state index contributed by atoms with van der Waals surface area (Å²) in [5, 5.41) is 4.66. The maximum atomic E-state index is 16.1. The highest BCUT2D eigenvalue weighted by atomic mass is 32.1. The van der Waals surface area contributed by atoms with Gasteiger partial charge in [0.15, 0.2) is 11.2 Å². The minimum Gasteiger partial charge on any atom is -0.306 e. The number of hydrogen-bond donors (Lipinski definition) is 1. The molecule has 1 aliphatic heterocycles. The molecule has 0 saturated carbocycles. The second-order valence-electron chi connectivity index (χ2n) is 9.96. The minimum atomic E-state index is -1.17. The second kappa shape index (κ2) is 11.1. The van der Waals surface area contributed by atoms with Crippen molar-refractivity contribution >= 4 is 33.3 Å². The van der Waals surface area contributed by atoms with Crippen LogP contribution in [0.2, 0.25) is 0 Å². The fourth-order valence-electron chi connectivity index (χ4n) is 5.27. The first kappa shape index (κ1) is 26.0. The summed E-state index contributed by atoms with van der Waals surface area (Å²) in [6, 6.07) is 15.1. The van der Waals surface area contributed by atoms with Gasteiger partial charge in [0.1, 0.15) is 11.2 Å². The third-order valence-electron chi connectivity index (χ3n) is 7.46. The van der Waals surface area contributed by atoms with Gasteiger partial charge in [0.25, 0.3) is 11.5 Å². The lowest BCUT2D eigenvalue weighted by Crippen LogP contribution is -2.35. The SMILES string of the molecule is CN1CCC(c2ccc(-c3ccc4ncn(C(C(=O)Nc5nccs5)c5ccccn5)c(=O)c4c3F)cc2)CC1. The Labute approximate surface area is 234 Å². The smallest absolute Gasteiger partial charge is 0.265 e. The quantitative estimate of drug-likeness (QED) is 0.314. The van der Waals surface area contributed by atoms with Crippen molar-refractivity contribution in [2.75, 3.05) is 25.5 Å². The first-order chi connectivity index (χ1) is 19.5. The second-order valence-corrected chi connectivity index (χ2v) is 10.9. The predicted molar refractivity (Wildman–Crippen MR) is 154 cm³/mol. The molecule has 5 aromatic rings. The van der Waals surface area contributed by atoms with E-state index in [1.54, 1.807) is 41.9 Å². The molecule has 0 bridgehead atoms. The summed E-state index contributed by atoms with van der Waals surface area (Å²) >= 11 is 1.25. The van der Waals surface area contributed by atoms with Crippen LogP contribution in [0.1, 0.15) is 36.1 Å². The standard InChI is InChI=1S/C30H27FN6O2S/c1-36-15-11-20(12-16-36)19-5-7-21(8-6-19)22-9-10-23-25(26(22)31)29(39)37(18-34-23)27(24-4-2-3-13-32-24)28(38)35-30-33-14-17-40-30/h2-10,13-14,17-18,20,27H,11-12,15-16H2,1H3,(H,33,35,38). The van der Waals surface area contributed by atoms with Crippen LogP contribution in [-0.4, -0.2) is 50.5 Å². The van der Waals surface area contributed by atoms with Crippen LogP contribution in [0.3, 0.4) is 0 Å². The molecular weight excluding hydrogens is 527 g/mol. The Morgan fingerprint density at radius 1 is 1.02 bits per heavy atom. The molecule has 1 amide bonds. The first-order valence-corrected chi connectivity index (χ1v) is 14.0. The van der Waals surface area contributed by atoms with Crippen LogP contribution in [0.25, 0.3) is 22.0 Å². The number of thiazole rings is 1. The van der Waals surface area contributed by atoms with E-state index >= 15 is 4.39 Å². The van der Waals surface area contributed by atoms with Crippen LogP contribution >= 0.6 is 11.3 Å². The lowest BCUT2D eigenvalue weighted by molar-refractivity contribution is -0.118. The van der Waals surface area contributed by atoms with Crippen LogP contribution in [-0.2, 0) is 4.79 Å². The number of pyridine rings is 1. The maximum absolute atomic E-state index is 16.1. The molecule has 8 nitrogen and oxygen atoms in total. The number of nitrogens with zero attached hydrogens (tertiary/aromatic N) is 5. The summed E-state index contributed by atoms with van der Waals surface area (Å²) in [5.74, 6) is -0.711. The molecule has 1 saturated heterocycles. The molecular formula is C30H27FN6O2S. The number of likely N-dealkylation sites (tertiary alicyclic amines) is 1. The van der Waals surface area contributed by atoms with Crippen molar-refractivity contribution in [3.05, 3.63) is 106 Å². The molecule has 202 valence electrons. The van der Waals surface area contributed by atoms with Gasteiger partial charge in [0.05, 0.1) is 17.5 Å². The van der Waals surface area contributed by atoms with E-state index in [2.05, 4.69) is 44.3 Å². The highest BCUT2D eigenvalue weighted by molar-refractivity contribution is 7.13. The summed E-state index contributed by atoms with van der Waals surface area (Å²) in [5.41, 5.74) is 2.09. The van der Waals surface area contributed by atoms with Gasteiger partial charge in [-0.05, 0) is 74.3 Å². The zero-order valence-corrected chi connectivity index (χ0v) is 22.6. The molecule has 1 atom stereocenters. The van der Waals surface area contributed by atoms with Gasteiger partial charge in [-0.15, -0.1) is 11.3 Å². The van der Waals surface area contributed by atoms with Crippen molar-refractivity contribution in [1.82, 2.24) is 24.4 Å². The fraction of sp³-hybridized carbons (Fsp3) is 0.233. The van der Waals surface area contributed by atoms with Gasteiger partial charge >= 0.3 is 0 Å². The normalized spacial score (nSPS) is 15.2. The average molecular weight is 555 g/mol. The first-order valence-electron chi connectivity index (χ1n) is 13.1. The number of anilines is 1. The van der Waals surface area contributed by atoms with Crippen LogP contribution in [0.5, 0.6) is 0 Å². The van der Waals surface area contributed by atoms with Crippen molar-refractivity contribution in [3.63, 3.8) is 0 Å². The summed E-state index contributed by atoms with van der Waals surface area (Å²) in [4.78, 5) is 42.3. The molecule has 10 heteroatoms. The summed E-state index contributed by atoms with van der Waals surface area (Å²) in [6.07, 6.45) is 6.56. The highest BCUT2D eigenvalue weighted by Gasteiger charge is 2.28. The van der Waals surface area contributed by atoms with E-state index in [0.29, 0.717) is 27.9 Å². The van der Waals surface area contributed by atoms with Gasteiger partial charge in [0.2, 0.25) is 0 Å². The highest BCUT2D eigenvalue weighted by Crippen LogP contribution is 2.32. The van der Waals surface area contributed by atoms with Crippen LogP contribution in [0.15, 0.2) is 83.5 Å². The molecule has 6 rings (SSSR count). The third-order valence-corrected chi connectivity index (χ3v) is 8.15. The number of rotatable bonds is 6. The van der Waals surface area contributed by atoms with E-state index in [4.69, 9.17) is 0 Å². The number of carbonyl (C=O) groups is 1. The maximum Gasteiger partial charge on any atom is 0.265 e. The van der Waals surface area contributed by atoms with Crippen molar-refractivity contribution in [1.29, 1.82) is 0 Å². The Morgan fingerprint density at radius 2 is 1.82 bits per heavy atom. The number of piperidine rings is 1. The zero-order chi connectivity index (χ0) is 27.6. The van der Waals surface area contributed by atoms with Crippen LogP contribution in [0.4, 0.5) is 9.52 Å². The lowest BCUT2D eigenvalue weighted by atomic mass is 9.88. The van der Waals surface area contributed by atoms with Crippen molar-refractivity contribution in [2.45, 2.75) is 24.8 Å². The molecule has 1 N–H and O–H groups in total. The topological polar surface area (TPSA) is 93.0 Å². The van der Waals surface area contributed by atoms with E-state index in [0.717, 1.165) is 30.5 Å². The number of nitrogens with one attached hydrogen (secondary N) is 1. The summed E-state index contributed by atoms with van der Waals surface area (Å²) in [7, 11) is 2.14. The number of fused-ring (bicyclic) bond motifs is 1. The van der Waals surface area contributed by atoms with Gasteiger partial charge < -0.3 is 4.90 Å². The van der Waals surface area contributed by atoms with Gasteiger partial charge in [-0.2, -0.15) is 0 Å². The monoisotopic (exact) mass is 554 g/mol. The van der Waals surface area contributed by atoms with Gasteiger partial charge in [-0.1, -0.05) is 30.3 Å². The molecule has 4 heterocycles. The van der Waals surface area contributed by atoms with Gasteiger partial charge in [0, 0.05) is 23.3 Å². The third kappa shape index (κ3) is 5.03. The average Bonchev–Trinajstić information content (AvgIpc) is 3.49. The molecule has 2 aromatic carbocycles. The molecule has 40 heavy (non-hydrogen) atoms. The number of halogens is 1. The zero-order valence-electron chi connectivity index (χ0n) is 21.8. The number of benzene rings is 2. The van der Waals surface area contributed by atoms with E-state index in [1.165, 1.54) is 29.4 Å². The van der Waals surface area contributed by atoms with E-state index in [1.807, 2.05) is 12.1 Å². The number of hydrogen-bond acceptors (Lipinski definition) is 7. The lowest BCUT2D eigenvalue weighted by Gasteiger charge is -2.29. The Bertz CT molecular complexity index is 1700. The summed E-state index contributed by atoms with van der Waals surface area (Å²) in [6.45, 7) is 2.12. The van der Waals surface area contributed by atoms with Crippen LogP contribution in [0, 0.1) is 5.82 Å². The Hall–Kier alpha value is -4.28. The van der Waals surface area contributed by atoms with Crippen molar-refractivity contribution in [3.8, 4) is 11.1 Å². The Kier molecular flexibility index (Phi) is 7.19. The van der Waals surface area contributed by atoms with Crippen LogP contribution < -0.4 is 10.9 Å². The summed E-state index contributed by atoms with van der Waals surface area (Å²) < 4.78 is 17.2. The number of aromatic nitrogens is 4. The molecule has 1 aliphatic rings. The van der Waals surface area contributed by atoms with E-state index < -0.39 is 23.3 Å². The fourth-order valence-corrected chi connectivity index (χ4v) is 5.80. The van der Waals surface area contributed by atoms with Crippen molar-refractivity contribution < 1.29 is 9.18 Å². The molecule has 1 fully saturated rings. The predicted octanol–water partition coefficient (Wildman–Crippen LogP) is 5.09. The molecule has 0 spiro atoms. The van der Waals surface area contributed by atoms with Gasteiger partial charge in [-0.25, -0.2) is 14.4 Å². The van der Waals surface area contributed by atoms with Gasteiger partial charge in [-0.3, -0.25) is 24.5 Å². The molecule has 3 aromatic heterocycles. The van der Waals surface area contributed by atoms with E-state index in [9.17, 15) is 9.59 Å².